The summed E-state index contributed by atoms with van der Waals surface area (Å²) in [6, 6.07) is 4.87. The molecule has 2 fully saturated rings. The summed E-state index contributed by atoms with van der Waals surface area (Å²) in [5.41, 5.74) is 2.76. The fourth-order valence-electron chi connectivity index (χ4n) is 4.32. The molecule has 0 bridgehead atoms. The van der Waals surface area contributed by atoms with Crippen LogP contribution in [-0.2, 0) is 4.79 Å². The third-order valence-electron chi connectivity index (χ3n) is 6.06. The maximum atomic E-state index is 11.2. The zero-order valence-corrected chi connectivity index (χ0v) is 16.0. The Kier molecular flexibility index (Phi) is 4.78. The first-order valence-corrected chi connectivity index (χ1v) is 9.92. The summed E-state index contributed by atoms with van der Waals surface area (Å²) in [4.78, 5) is 13.9. The molecule has 4 heteroatoms. The Bertz CT molecular complexity index is 795. The molecular weight excluding hydrogens is 326 g/mol. The topological polar surface area (TPSA) is 42.7 Å². The Morgan fingerprint density at radius 2 is 1.92 bits per heavy atom. The zero-order valence-electron chi connectivity index (χ0n) is 16.0. The number of nitrogens with zero attached hydrogens (tertiary/aromatic N) is 1. The molecular formula is C22H28NO3. The SMILES string of the molecule is Cc1cc2c(C(C)C)c([C]=O)oc2cc1OC1CCN(C2CCC2)CC1. The number of carbonyl (C=O) groups excluding carboxylic acids is 1. The first kappa shape index (κ1) is 17.6. The maximum Gasteiger partial charge on any atom is 0.272 e. The van der Waals surface area contributed by atoms with Crippen molar-refractivity contribution in [2.75, 3.05) is 13.1 Å². The fourth-order valence-corrected chi connectivity index (χ4v) is 4.32. The van der Waals surface area contributed by atoms with Crippen LogP contribution in [0, 0.1) is 6.92 Å². The van der Waals surface area contributed by atoms with E-state index in [1.54, 1.807) is 0 Å². The van der Waals surface area contributed by atoms with Gasteiger partial charge in [-0.1, -0.05) is 20.3 Å². The van der Waals surface area contributed by atoms with Crippen molar-refractivity contribution in [3.05, 3.63) is 29.0 Å². The lowest BCUT2D eigenvalue weighted by Crippen LogP contribution is -2.46. The van der Waals surface area contributed by atoms with Crippen LogP contribution >= 0.6 is 0 Å². The quantitative estimate of drug-likeness (QED) is 0.779. The van der Waals surface area contributed by atoms with Crippen molar-refractivity contribution in [2.24, 2.45) is 0 Å². The van der Waals surface area contributed by atoms with E-state index in [1.807, 2.05) is 12.4 Å². The summed E-state index contributed by atoms with van der Waals surface area (Å²) in [7, 11) is 0. The van der Waals surface area contributed by atoms with Crippen molar-refractivity contribution in [3.63, 3.8) is 0 Å². The molecule has 0 unspecified atom stereocenters. The lowest BCUT2D eigenvalue weighted by atomic mass is 9.90. The van der Waals surface area contributed by atoms with Crippen LogP contribution in [0.4, 0.5) is 0 Å². The molecule has 1 aliphatic heterocycles. The van der Waals surface area contributed by atoms with Gasteiger partial charge in [0.2, 0.25) is 0 Å². The van der Waals surface area contributed by atoms with Crippen LogP contribution in [0.3, 0.4) is 0 Å². The van der Waals surface area contributed by atoms with Crippen LogP contribution in [0.1, 0.15) is 68.8 Å². The van der Waals surface area contributed by atoms with Crippen LogP contribution in [0.25, 0.3) is 11.0 Å². The summed E-state index contributed by atoms with van der Waals surface area (Å²) < 4.78 is 12.1. The van der Waals surface area contributed by atoms with E-state index in [0.29, 0.717) is 5.76 Å². The van der Waals surface area contributed by atoms with Crippen molar-refractivity contribution < 1.29 is 13.9 Å². The largest absolute Gasteiger partial charge is 0.490 e. The molecule has 2 aromatic rings. The Labute approximate surface area is 155 Å². The number of hydrogen-bond acceptors (Lipinski definition) is 4. The van der Waals surface area contributed by atoms with Crippen molar-refractivity contribution in [1.82, 2.24) is 4.90 Å². The number of hydrogen-bond donors (Lipinski definition) is 0. The fraction of sp³-hybridized carbons (Fsp3) is 0.591. The van der Waals surface area contributed by atoms with E-state index in [1.165, 1.54) is 19.3 Å². The van der Waals surface area contributed by atoms with Gasteiger partial charge < -0.3 is 14.1 Å². The number of furan rings is 1. The van der Waals surface area contributed by atoms with Gasteiger partial charge in [-0.05, 0) is 50.2 Å². The Morgan fingerprint density at radius 3 is 2.50 bits per heavy atom. The molecule has 0 atom stereocenters. The number of ether oxygens (including phenoxy) is 1. The minimum Gasteiger partial charge on any atom is -0.490 e. The van der Waals surface area contributed by atoms with Crippen LogP contribution in [-0.4, -0.2) is 36.4 Å². The second-order valence-electron chi connectivity index (χ2n) is 8.15. The third-order valence-corrected chi connectivity index (χ3v) is 6.06. The lowest BCUT2D eigenvalue weighted by Gasteiger charge is -2.41. The number of aryl methyl sites for hydroxylation is 1. The number of piperidine rings is 1. The summed E-state index contributed by atoms with van der Waals surface area (Å²) in [5.74, 6) is 1.41. The molecule has 1 aliphatic carbocycles. The average molecular weight is 354 g/mol. The van der Waals surface area contributed by atoms with Gasteiger partial charge in [-0.3, -0.25) is 4.79 Å². The first-order chi connectivity index (χ1) is 12.6. The van der Waals surface area contributed by atoms with E-state index in [9.17, 15) is 4.79 Å². The summed E-state index contributed by atoms with van der Waals surface area (Å²) >= 11 is 0. The number of rotatable bonds is 5. The lowest BCUT2D eigenvalue weighted by molar-refractivity contribution is 0.0491. The van der Waals surface area contributed by atoms with E-state index in [2.05, 4.69) is 31.7 Å². The molecule has 4 rings (SSSR count). The van der Waals surface area contributed by atoms with E-state index in [-0.39, 0.29) is 12.0 Å². The molecule has 1 saturated carbocycles. The minimum absolute atomic E-state index is 0.217. The van der Waals surface area contributed by atoms with Crippen molar-refractivity contribution in [1.29, 1.82) is 0 Å². The summed E-state index contributed by atoms with van der Waals surface area (Å²) in [6.07, 6.45) is 8.50. The molecule has 26 heavy (non-hydrogen) atoms. The predicted molar refractivity (Wildman–Crippen MR) is 103 cm³/mol. The van der Waals surface area contributed by atoms with Gasteiger partial charge in [-0.25, -0.2) is 0 Å². The van der Waals surface area contributed by atoms with Gasteiger partial charge in [0.15, 0.2) is 5.76 Å². The second-order valence-corrected chi connectivity index (χ2v) is 8.15. The van der Waals surface area contributed by atoms with Crippen LogP contribution in [0.2, 0.25) is 0 Å². The molecule has 1 radical (unpaired) electrons. The molecule has 0 N–H and O–H groups in total. The monoisotopic (exact) mass is 354 g/mol. The third kappa shape index (κ3) is 3.16. The van der Waals surface area contributed by atoms with Crippen LogP contribution < -0.4 is 4.74 Å². The first-order valence-electron chi connectivity index (χ1n) is 9.92. The highest BCUT2D eigenvalue weighted by Gasteiger charge is 2.29. The molecule has 1 aromatic carbocycles. The zero-order chi connectivity index (χ0) is 18.3. The van der Waals surface area contributed by atoms with Gasteiger partial charge in [-0.15, -0.1) is 0 Å². The van der Waals surface area contributed by atoms with Gasteiger partial charge in [0.1, 0.15) is 17.4 Å². The molecule has 0 spiro atoms. The highest BCUT2D eigenvalue weighted by atomic mass is 16.5. The molecule has 2 aliphatic rings. The molecule has 1 aromatic heterocycles. The standard InChI is InChI=1S/C22H28NO3/c1-14(2)22-18-11-15(3)19(12-20(18)26-21(22)13-24)25-17-7-9-23(10-8-17)16-5-4-6-16/h11-12,14,16-17H,4-10H2,1-3H3. The second kappa shape index (κ2) is 7.07. The molecule has 4 nitrogen and oxygen atoms in total. The maximum absolute atomic E-state index is 11.2. The van der Waals surface area contributed by atoms with Gasteiger partial charge in [0.05, 0.1) is 0 Å². The predicted octanol–water partition coefficient (Wildman–Crippen LogP) is 4.72. The number of fused-ring (bicyclic) bond motifs is 1. The minimum atomic E-state index is 0.217. The Morgan fingerprint density at radius 1 is 1.19 bits per heavy atom. The van der Waals surface area contributed by atoms with Gasteiger partial charge in [0.25, 0.3) is 6.29 Å². The van der Waals surface area contributed by atoms with Gasteiger partial charge in [-0.2, -0.15) is 0 Å². The van der Waals surface area contributed by atoms with Gasteiger partial charge in [0, 0.05) is 36.1 Å². The Balaban J connectivity index is 1.52. The normalized spacial score (nSPS) is 19.8. The van der Waals surface area contributed by atoms with Crippen molar-refractivity contribution in [2.45, 2.75) is 70.9 Å². The molecule has 139 valence electrons. The van der Waals surface area contributed by atoms with Crippen LogP contribution in [0.5, 0.6) is 5.75 Å². The summed E-state index contributed by atoms with van der Waals surface area (Å²) in [5, 5.41) is 1.00. The van der Waals surface area contributed by atoms with Crippen LogP contribution in [0.15, 0.2) is 16.5 Å². The van der Waals surface area contributed by atoms with E-state index < -0.39 is 0 Å². The molecule has 0 amide bonds. The van der Waals surface area contributed by atoms with E-state index in [4.69, 9.17) is 9.15 Å². The van der Waals surface area contributed by atoms with Crippen molar-refractivity contribution >= 4 is 17.3 Å². The number of benzene rings is 1. The highest BCUT2D eigenvalue weighted by molar-refractivity contribution is 5.91. The van der Waals surface area contributed by atoms with E-state index in [0.717, 1.165) is 59.8 Å². The van der Waals surface area contributed by atoms with Gasteiger partial charge >= 0.3 is 0 Å². The molecule has 2 heterocycles. The smallest absolute Gasteiger partial charge is 0.272 e. The average Bonchev–Trinajstić information content (AvgIpc) is 2.93. The highest BCUT2D eigenvalue weighted by Crippen LogP contribution is 2.36. The number of likely N-dealkylation sites (tertiary alicyclic amines) is 1. The summed E-state index contributed by atoms with van der Waals surface area (Å²) in [6.45, 7) is 8.49. The Hall–Kier alpha value is -1.81. The van der Waals surface area contributed by atoms with Crippen molar-refractivity contribution in [3.8, 4) is 5.75 Å². The molecule has 1 saturated heterocycles. The van der Waals surface area contributed by atoms with E-state index >= 15 is 0 Å².